The molecule has 0 radical (unpaired) electrons. The van der Waals surface area contributed by atoms with Gasteiger partial charge in [0.25, 0.3) is 11.5 Å². The van der Waals surface area contributed by atoms with E-state index in [1.807, 2.05) is 38.1 Å². The van der Waals surface area contributed by atoms with Gasteiger partial charge in [-0.2, -0.15) is 4.68 Å². The van der Waals surface area contributed by atoms with Crippen molar-refractivity contribution >= 4 is 17.5 Å². The van der Waals surface area contributed by atoms with Crippen molar-refractivity contribution in [2.45, 2.75) is 33.4 Å². The van der Waals surface area contributed by atoms with Crippen molar-refractivity contribution < 1.29 is 9.53 Å². The van der Waals surface area contributed by atoms with Crippen LogP contribution >= 0.6 is 11.6 Å². The molecule has 1 amide bonds. The van der Waals surface area contributed by atoms with Gasteiger partial charge in [-0.1, -0.05) is 47.5 Å². The first-order chi connectivity index (χ1) is 13.8. The number of ether oxygens (including phenoxy) is 1. The van der Waals surface area contributed by atoms with E-state index < -0.39 is 6.10 Å². The van der Waals surface area contributed by atoms with Gasteiger partial charge in [-0.3, -0.25) is 9.59 Å². The van der Waals surface area contributed by atoms with Crippen molar-refractivity contribution in [3.8, 4) is 11.6 Å². The number of carbonyl (C=O) groups is 1. The van der Waals surface area contributed by atoms with Crippen molar-refractivity contribution in [1.82, 2.24) is 15.1 Å². The van der Waals surface area contributed by atoms with Gasteiger partial charge in [0, 0.05) is 23.7 Å². The molecule has 1 heterocycles. The van der Waals surface area contributed by atoms with Crippen LogP contribution in [0.15, 0.2) is 59.4 Å². The molecule has 0 spiro atoms. The zero-order valence-corrected chi connectivity index (χ0v) is 17.2. The summed E-state index contributed by atoms with van der Waals surface area (Å²) in [5.74, 6) is -0.106. The molecule has 0 aliphatic rings. The lowest BCUT2D eigenvalue weighted by atomic mass is 10.1. The molecule has 1 unspecified atom stereocenters. The Morgan fingerprint density at radius 1 is 1.14 bits per heavy atom. The maximum absolute atomic E-state index is 12.4. The molecule has 0 fully saturated rings. The summed E-state index contributed by atoms with van der Waals surface area (Å²) in [6, 6.07) is 15.9. The number of benzene rings is 2. The Balaban J connectivity index is 1.71. The second-order valence-electron chi connectivity index (χ2n) is 6.82. The van der Waals surface area contributed by atoms with E-state index in [2.05, 4.69) is 10.4 Å². The lowest BCUT2D eigenvalue weighted by Crippen LogP contribution is -2.36. The number of amides is 1. The smallest absolute Gasteiger partial charge is 0.271 e. The summed E-state index contributed by atoms with van der Waals surface area (Å²) in [4.78, 5) is 24.6. The predicted molar refractivity (Wildman–Crippen MR) is 113 cm³/mol. The van der Waals surface area contributed by atoms with E-state index in [-0.39, 0.29) is 17.3 Å². The van der Waals surface area contributed by atoms with Gasteiger partial charge in [-0.25, -0.2) is 0 Å². The number of nitrogens with zero attached hydrogens (tertiary/aromatic N) is 2. The molecule has 150 valence electrons. The first-order valence-electron chi connectivity index (χ1n) is 9.20. The number of halogens is 1. The molecule has 7 heteroatoms. The van der Waals surface area contributed by atoms with Crippen LogP contribution in [0, 0.1) is 13.8 Å². The molecule has 1 N–H and O–H groups in total. The third-order valence-corrected chi connectivity index (χ3v) is 4.66. The van der Waals surface area contributed by atoms with E-state index in [9.17, 15) is 9.59 Å². The van der Waals surface area contributed by atoms with E-state index >= 15 is 0 Å². The summed E-state index contributed by atoms with van der Waals surface area (Å²) in [5.41, 5.74) is 3.24. The van der Waals surface area contributed by atoms with Crippen molar-refractivity contribution in [3.63, 3.8) is 0 Å². The van der Waals surface area contributed by atoms with Crippen molar-refractivity contribution in [3.05, 3.63) is 86.7 Å². The Morgan fingerprint density at radius 3 is 2.59 bits per heavy atom. The quantitative estimate of drug-likeness (QED) is 0.672. The van der Waals surface area contributed by atoms with Crippen molar-refractivity contribution in [2.75, 3.05) is 0 Å². The van der Waals surface area contributed by atoms with E-state index in [0.29, 0.717) is 17.3 Å². The van der Waals surface area contributed by atoms with Crippen molar-refractivity contribution in [1.29, 1.82) is 0 Å². The molecule has 6 nitrogen and oxygen atoms in total. The largest absolute Gasteiger partial charge is 0.464 e. The molecular weight excluding hydrogens is 390 g/mol. The predicted octanol–water partition coefficient (Wildman–Crippen LogP) is 3.59. The second kappa shape index (κ2) is 8.92. The number of aryl methyl sites for hydroxylation is 2. The first kappa shape index (κ1) is 20.6. The van der Waals surface area contributed by atoms with Gasteiger partial charge in [0.2, 0.25) is 5.88 Å². The van der Waals surface area contributed by atoms with Crippen LogP contribution < -0.4 is 15.6 Å². The van der Waals surface area contributed by atoms with Crippen LogP contribution in [0.1, 0.15) is 23.6 Å². The second-order valence-corrected chi connectivity index (χ2v) is 7.25. The molecular formula is C22H22ClN3O3. The Hall–Kier alpha value is -3.12. The van der Waals surface area contributed by atoms with Gasteiger partial charge in [0.05, 0.1) is 5.69 Å². The maximum atomic E-state index is 12.4. The molecule has 29 heavy (non-hydrogen) atoms. The first-order valence-corrected chi connectivity index (χ1v) is 9.58. The average Bonchev–Trinajstić information content (AvgIpc) is 2.70. The zero-order chi connectivity index (χ0) is 21.0. The monoisotopic (exact) mass is 411 g/mol. The molecule has 0 bridgehead atoms. The van der Waals surface area contributed by atoms with Gasteiger partial charge in [-0.05, 0) is 44.0 Å². The number of hydrogen-bond donors (Lipinski definition) is 1. The van der Waals surface area contributed by atoms with Gasteiger partial charge in [0.1, 0.15) is 0 Å². The Kier molecular flexibility index (Phi) is 6.34. The number of aromatic nitrogens is 2. The van der Waals surface area contributed by atoms with Crippen LogP contribution in [-0.2, 0) is 11.3 Å². The van der Waals surface area contributed by atoms with Crippen LogP contribution in [0.4, 0.5) is 0 Å². The van der Waals surface area contributed by atoms with Gasteiger partial charge in [0.15, 0.2) is 6.10 Å². The zero-order valence-electron chi connectivity index (χ0n) is 16.5. The van der Waals surface area contributed by atoms with Gasteiger partial charge < -0.3 is 10.1 Å². The Labute approximate surface area is 174 Å². The third kappa shape index (κ3) is 5.23. The molecule has 0 aliphatic heterocycles. The average molecular weight is 412 g/mol. The number of nitrogens with one attached hydrogen (secondary N) is 1. The highest BCUT2D eigenvalue weighted by Crippen LogP contribution is 2.18. The standard InChI is InChI=1S/C22H22ClN3O3/c1-14-4-7-17(8-5-14)13-24-22(28)16(3)29-20-10-11-21(27)26(25-20)19-12-18(23)9-6-15(19)2/h4-12,16H,13H2,1-3H3,(H,24,28). The highest BCUT2D eigenvalue weighted by molar-refractivity contribution is 6.30. The maximum Gasteiger partial charge on any atom is 0.271 e. The topological polar surface area (TPSA) is 73.2 Å². The normalized spacial score (nSPS) is 11.7. The van der Waals surface area contributed by atoms with Crippen LogP contribution in [0.2, 0.25) is 5.02 Å². The third-order valence-electron chi connectivity index (χ3n) is 4.43. The Bertz CT molecular complexity index is 1080. The van der Waals surface area contributed by atoms with Crippen LogP contribution in [0.25, 0.3) is 5.69 Å². The number of hydrogen-bond acceptors (Lipinski definition) is 4. The highest BCUT2D eigenvalue weighted by Gasteiger charge is 2.16. The van der Waals surface area contributed by atoms with Crippen LogP contribution in [0.3, 0.4) is 0 Å². The molecule has 0 saturated heterocycles. The molecule has 0 saturated carbocycles. The fourth-order valence-electron chi connectivity index (χ4n) is 2.71. The summed E-state index contributed by atoms with van der Waals surface area (Å²) in [5, 5.41) is 7.57. The summed E-state index contributed by atoms with van der Waals surface area (Å²) in [7, 11) is 0. The minimum Gasteiger partial charge on any atom is -0.464 e. The summed E-state index contributed by atoms with van der Waals surface area (Å²) >= 11 is 6.05. The fraction of sp³-hybridized carbons (Fsp3) is 0.227. The lowest BCUT2D eigenvalue weighted by Gasteiger charge is -2.15. The van der Waals surface area contributed by atoms with Crippen molar-refractivity contribution in [2.24, 2.45) is 0 Å². The minimum absolute atomic E-state index is 0.168. The SMILES string of the molecule is Cc1ccc(CNC(=O)C(C)Oc2ccc(=O)n(-c3cc(Cl)ccc3C)n2)cc1. The Morgan fingerprint density at radius 2 is 1.86 bits per heavy atom. The van der Waals surface area contributed by atoms with E-state index in [0.717, 1.165) is 16.7 Å². The summed E-state index contributed by atoms with van der Waals surface area (Å²) in [6.45, 7) is 5.90. The lowest BCUT2D eigenvalue weighted by molar-refractivity contribution is -0.127. The highest BCUT2D eigenvalue weighted by atomic mass is 35.5. The molecule has 0 aliphatic carbocycles. The minimum atomic E-state index is -0.778. The number of rotatable bonds is 6. The summed E-state index contributed by atoms with van der Waals surface area (Å²) in [6.07, 6.45) is -0.778. The molecule has 3 aromatic rings. The molecule has 1 atom stereocenters. The van der Waals surface area contributed by atoms with E-state index in [4.69, 9.17) is 16.3 Å². The van der Waals surface area contributed by atoms with Gasteiger partial charge >= 0.3 is 0 Å². The van der Waals surface area contributed by atoms with E-state index in [1.165, 1.54) is 16.8 Å². The number of carbonyl (C=O) groups excluding carboxylic acids is 1. The fourth-order valence-corrected chi connectivity index (χ4v) is 2.88. The van der Waals surface area contributed by atoms with Gasteiger partial charge in [-0.15, -0.1) is 5.10 Å². The molecule has 3 rings (SSSR count). The van der Waals surface area contributed by atoms with E-state index in [1.54, 1.807) is 25.1 Å². The van der Waals surface area contributed by atoms with Crippen LogP contribution in [0.5, 0.6) is 5.88 Å². The summed E-state index contributed by atoms with van der Waals surface area (Å²) < 4.78 is 6.87. The molecule has 1 aromatic heterocycles. The molecule has 2 aromatic carbocycles. The van der Waals surface area contributed by atoms with Crippen LogP contribution in [-0.4, -0.2) is 21.8 Å².